The first-order valence-electron chi connectivity index (χ1n) is 6.66. The number of aryl methyl sites for hydroxylation is 1. The van der Waals surface area contributed by atoms with Gasteiger partial charge in [-0.2, -0.15) is 0 Å². The molecule has 1 aromatic rings. The number of benzene rings is 1. The van der Waals surface area contributed by atoms with E-state index >= 15 is 0 Å². The van der Waals surface area contributed by atoms with Gasteiger partial charge in [-0.3, -0.25) is 4.79 Å². The number of nitrogens with two attached hydrogens (primary N) is 1. The Morgan fingerprint density at radius 1 is 1.43 bits per heavy atom. The number of nitrogens with zero attached hydrogens (tertiary/aromatic N) is 1. The Morgan fingerprint density at radius 2 is 2.00 bits per heavy atom. The van der Waals surface area contributed by atoms with E-state index < -0.39 is 10.0 Å². The van der Waals surface area contributed by atoms with Crippen LogP contribution in [0.4, 0.5) is 0 Å². The molecule has 0 spiro atoms. The first-order chi connectivity index (χ1) is 9.57. The van der Waals surface area contributed by atoms with E-state index in [0.29, 0.717) is 28.1 Å². The molecule has 2 N–H and O–H groups in total. The van der Waals surface area contributed by atoms with Gasteiger partial charge in [0.15, 0.2) is 0 Å². The third kappa shape index (κ3) is 4.52. The highest BCUT2D eigenvalue weighted by Gasteiger charge is 2.20. The number of sulfonamides is 1. The Kier molecular flexibility index (Phi) is 5.95. The Hall–Kier alpha value is -0.920. The van der Waals surface area contributed by atoms with Gasteiger partial charge in [0.2, 0.25) is 10.0 Å². The molecule has 0 aliphatic heterocycles. The molecule has 1 amide bonds. The van der Waals surface area contributed by atoms with Crippen molar-refractivity contribution in [1.29, 1.82) is 0 Å². The number of carbonyl (C=O) groups excluding carboxylic acids is 1. The van der Waals surface area contributed by atoms with Crippen molar-refractivity contribution in [2.24, 2.45) is 11.1 Å². The largest absolute Gasteiger partial charge is 0.341 e. The molecule has 21 heavy (non-hydrogen) atoms. The van der Waals surface area contributed by atoms with Crippen molar-refractivity contribution in [2.45, 2.75) is 32.1 Å². The topological polar surface area (TPSA) is 80.5 Å². The second-order valence-corrected chi connectivity index (χ2v) is 7.67. The maximum Gasteiger partial charge on any atom is 0.253 e. The smallest absolute Gasteiger partial charge is 0.253 e. The van der Waals surface area contributed by atoms with E-state index in [1.54, 1.807) is 24.9 Å². The van der Waals surface area contributed by atoms with Crippen LogP contribution in [0, 0.1) is 12.8 Å². The van der Waals surface area contributed by atoms with Crippen LogP contribution in [0.1, 0.15) is 36.2 Å². The van der Waals surface area contributed by atoms with Gasteiger partial charge < -0.3 is 4.90 Å². The summed E-state index contributed by atoms with van der Waals surface area (Å²) in [4.78, 5) is 13.9. The van der Waals surface area contributed by atoms with Gasteiger partial charge in [-0.1, -0.05) is 20.3 Å². The number of halogens is 1. The lowest BCUT2D eigenvalue weighted by Gasteiger charge is -2.21. The first-order valence-corrected chi connectivity index (χ1v) is 9.00. The second-order valence-electron chi connectivity index (χ2n) is 5.35. The fourth-order valence-corrected chi connectivity index (χ4v) is 3.58. The Morgan fingerprint density at radius 3 is 2.48 bits per heavy atom. The van der Waals surface area contributed by atoms with Crippen LogP contribution in [0.15, 0.2) is 21.5 Å². The number of rotatable bonds is 5. The van der Waals surface area contributed by atoms with Crippen molar-refractivity contribution in [2.75, 3.05) is 13.6 Å². The molecular formula is C14H21BrN2O3S. The third-order valence-corrected chi connectivity index (χ3v) is 5.65. The summed E-state index contributed by atoms with van der Waals surface area (Å²) in [5, 5.41) is 5.19. The molecule has 0 saturated heterocycles. The average Bonchev–Trinajstić information content (AvgIpc) is 2.39. The number of hydrogen-bond donors (Lipinski definition) is 1. The fourth-order valence-electron chi connectivity index (χ4n) is 1.97. The maximum atomic E-state index is 12.4. The average molecular weight is 377 g/mol. The predicted octanol–water partition coefficient (Wildman–Crippen LogP) is 2.52. The SMILES string of the molecule is CCC(C)CN(C)C(=O)c1cc(C)c(Br)c(S(N)(=O)=O)c1. The van der Waals surface area contributed by atoms with Crippen molar-refractivity contribution in [1.82, 2.24) is 4.90 Å². The molecule has 0 radical (unpaired) electrons. The molecule has 0 fully saturated rings. The zero-order chi connectivity index (χ0) is 16.4. The van der Waals surface area contributed by atoms with Crippen molar-refractivity contribution in [3.63, 3.8) is 0 Å². The molecule has 0 aromatic heterocycles. The second kappa shape index (κ2) is 6.89. The molecule has 1 aromatic carbocycles. The van der Waals surface area contributed by atoms with E-state index in [1.165, 1.54) is 6.07 Å². The molecule has 0 bridgehead atoms. The Bertz CT molecular complexity index is 644. The zero-order valence-corrected chi connectivity index (χ0v) is 15.1. The van der Waals surface area contributed by atoms with E-state index in [4.69, 9.17) is 5.14 Å². The molecule has 0 saturated carbocycles. The lowest BCUT2D eigenvalue weighted by molar-refractivity contribution is 0.0774. The summed E-state index contributed by atoms with van der Waals surface area (Å²) >= 11 is 3.20. The molecule has 7 heteroatoms. The monoisotopic (exact) mass is 376 g/mol. The normalized spacial score (nSPS) is 13.0. The van der Waals surface area contributed by atoms with Crippen LogP contribution in [0.2, 0.25) is 0 Å². The molecule has 1 atom stereocenters. The van der Waals surface area contributed by atoms with E-state index in [2.05, 4.69) is 29.8 Å². The predicted molar refractivity (Wildman–Crippen MR) is 86.7 cm³/mol. The Labute approximate surface area is 134 Å². The van der Waals surface area contributed by atoms with Gasteiger partial charge in [0.25, 0.3) is 5.91 Å². The molecule has 0 aliphatic rings. The van der Waals surface area contributed by atoms with Crippen LogP contribution >= 0.6 is 15.9 Å². The molecular weight excluding hydrogens is 356 g/mol. The lowest BCUT2D eigenvalue weighted by atomic mass is 10.1. The summed E-state index contributed by atoms with van der Waals surface area (Å²) in [6, 6.07) is 2.98. The van der Waals surface area contributed by atoms with Gasteiger partial charge in [0.05, 0.1) is 4.90 Å². The number of carbonyl (C=O) groups is 1. The van der Waals surface area contributed by atoms with E-state index in [-0.39, 0.29) is 10.8 Å². The van der Waals surface area contributed by atoms with Crippen molar-refractivity contribution in [3.8, 4) is 0 Å². The Balaban J connectivity index is 3.20. The highest BCUT2D eigenvalue weighted by molar-refractivity contribution is 9.10. The van der Waals surface area contributed by atoms with Crippen LogP contribution in [-0.2, 0) is 10.0 Å². The molecule has 118 valence electrons. The highest BCUT2D eigenvalue weighted by atomic mass is 79.9. The molecule has 1 rings (SSSR count). The van der Waals surface area contributed by atoms with Crippen LogP contribution in [-0.4, -0.2) is 32.8 Å². The molecule has 0 heterocycles. The minimum absolute atomic E-state index is 0.0669. The minimum atomic E-state index is -3.88. The van der Waals surface area contributed by atoms with Gasteiger partial charge in [0, 0.05) is 23.6 Å². The van der Waals surface area contributed by atoms with Crippen molar-refractivity contribution < 1.29 is 13.2 Å². The summed E-state index contributed by atoms with van der Waals surface area (Å²) < 4.78 is 23.6. The number of amides is 1. The van der Waals surface area contributed by atoms with Crippen LogP contribution in [0.25, 0.3) is 0 Å². The van der Waals surface area contributed by atoms with Crippen LogP contribution < -0.4 is 5.14 Å². The highest BCUT2D eigenvalue weighted by Crippen LogP contribution is 2.27. The maximum absolute atomic E-state index is 12.4. The summed E-state index contributed by atoms with van der Waals surface area (Å²) in [6.07, 6.45) is 0.972. The molecule has 1 unspecified atom stereocenters. The quantitative estimate of drug-likeness (QED) is 0.856. The van der Waals surface area contributed by atoms with Gasteiger partial charge >= 0.3 is 0 Å². The fraction of sp³-hybridized carbons (Fsp3) is 0.500. The van der Waals surface area contributed by atoms with E-state index in [1.807, 2.05) is 0 Å². The zero-order valence-electron chi connectivity index (χ0n) is 12.7. The molecule has 5 nitrogen and oxygen atoms in total. The summed E-state index contributed by atoms with van der Waals surface area (Å²) in [5.41, 5.74) is 0.979. The minimum Gasteiger partial charge on any atom is -0.341 e. The van der Waals surface area contributed by atoms with Gasteiger partial charge in [-0.15, -0.1) is 0 Å². The van der Waals surface area contributed by atoms with Crippen molar-refractivity contribution >= 4 is 31.9 Å². The number of primary sulfonamides is 1. The van der Waals surface area contributed by atoms with E-state index in [9.17, 15) is 13.2 Å². The number of hydrogen-bond acceptors (Lipinski definition) is 3. The van der Waals surface area contributed by atoms with Crippen LogP contribution in [0.5, 0.6) is 0 Å². The van der Waals surface area contributed by atoms with Gasteiger partial charge in [0.1, 0.15) is 0 Å². The summed E-state index contributed by atoms with van der Waals surface area (Å²) in [5.74, 6) is 0.170. The third-order valence-electron chi connectivity index (χ3n) is 3.40. The molecule has 0 aliphatic carbocycles. The summed E-state index contributed by atoms with van der Waals surface area (Å²) in [6.45, 7) is 6.47. The van der Waals surface area contributed by atoms with Gasteiger partial charge in [-0.05, 0) is 46.5 Å². The lowest BCUT2D eigenvalue weighted by Crippen LogP contribution is -2.31. The summed E-state index contributed by atoms with van der Waals surface area (Å²) in [7, 11) is -2.17. The van der Waals surface area contributed by atoms with E-state index in [0.717, 1.165) is 6.42 Å². The van der Waals surface area contributed by atoms with Gasteiger partial charge in [-0.25, -0.2) is 13.6 Å². The van der Waals surface area contributed by atoms with Crippen molar-refractivity contribution in [3.05, 3.63) is 27.7 Å². The van der Waals surface area contributed by atoms with Crippen LogP contribution in [0.3, 0.4) is 0 Å². The standard InChI is InChI=1S/C14H21BrN2O3S/c1-5-9(2)8-17(4)14(18)11-6-10(3)13(15)12(7-11)21(16,19)20/h6-7,9H,5,8H2,1-4H3,(H2,16,19,20). The first kappa shape index (κ1) is 18.1.